The Kier molecular flexibility index (Phi) is 8.79. The Morgan fingerprint density at radius 3 is 2.63 bits per heavy atom. The molecule has 0 unspecified atom stereocenters. The van der Waals surface area contributed by atoms with Gasteiger partial charge in [0.1, 0.15) is 0 Å². The van der Waals surface area contributed by atoms with Gasteiger partial charge in [-0.1, -0.05) is 13.3 Å². The normalized spacial score (nSPS) is 11.3. The predicted molar refractivity (Wildman–Crippen MR) is 91.2 cm³/mol. The first-order valence-corrected chi connectivity index (χ1v) is 6.59. The third-order valence-electron chi connectivity index (χ3n) is 3.13. The van der Waals surface area contributed by atoms with E-state index in [1.807, 2.05) is 18.7 Å². The zero-order chi connectivity index (χ0) is 13.5. The van der Waals surface area contributed by atoms with Crippen LogP contribution in [-0.2, 0) is 13.5 Å². The largest absolute Gasteiger partial charge is 0.370 e. The summed E-state index contributed by atoms with van der Waals surface area (Å²) in [6.45, 7) is 7.89. The van der Waals surface area contributed by atoms with Gasteiger partial charge in [0.2, 0.25) is 0 Å². The molecule has 5 nitrogen and oxygen atoms in total. The van der Waals surface area contributed by atoms with Crippen molar-refractivity contribution in [3.8, 4) is 0 Å². The Labute approximate surface area is 133 Å². The molecule has 6 heteroatoms. The number of rotatable bonds is 6. The Morgan fingerprint density at radius 2 is 2.11 bits per heavy atom. The fraction of sp³-hybridized carbons (Fsp3) is 0.692. The second kappa shape index (κ2) is 9.17. The maximum absolute atomic E-state index is 5.78. The van der Waals surface area contributed by atoms with Gasteiger partial charge in [0.05, 0.1) is 5.69 Å². The van der Waals surface area contributed by atoms with Crippen molar-refractivity contribution in [3.05, 3.63) is 17.0 Å². The molecule has 0 aromatic carbocycles. The van der Waals surface area contributed by atoms with Gasteiger partial charge in [-0.3, -0.25) is 9.67 Å². The number of halogens is 1. The van der Waals surface area contributed by atoms with Crippen molar-refractivity contribution in [1.82, 2.24) is 15.1 Å². The minimum absolute atomic E-state index is 0. The molecule has 1 rings (SSSR count). The van der Waals surface area contributed by atoms with E-state index in [9.17, 15) is 0 Å². The predicted octanol–water partition coefficient (Wildman–Crippen LogP) is 1.90. The van der Waals surface area contributed by atoms with Crippen molar-refractivity contribution in [2.75, 3.05) is 13.1 Å². The Morgan fingerprint density at radius 1 is 1.42 bits per heavy atom. The SMILES string of the molecule is CCCCN=C(N)NCCc1c(C)nn(C)c1C.I. The van der Waals surface area contributed by atoms with Gasteiger partial charge >= 0.3 is 0 Å². The monoisotopic (exact) mass is 379 g/mol. The van der Waals surface area contributed by atoms with E-state index in [0.29, 0.717) is 5.96 Å². The lowest BCUT2D eigenvalue weighted by Gasteiger charge is -2.06. The lowest BCUT2D eigenvalue weighted by Crippen LogP contribution is -2.33. The van der Waals surface area contributed by atoms with Crippen molar-refractivity contribution in [3.63, 3.8) is 0 Å². The molecule has 0 aliphatic heterocycles. The number of nitrogens with two attached hydrogens (primary N) is 1. The van der Waals surface area contributed by atoms with Crippen LogP contribution in [0, 0.1) is 13.8 Å². The molecule has 0 saturated carbocycles. The fourth-order valence-corrected chi connectivity index (χ4v) is 1.91. The van der Waals surface area contributed by atoms with Crippen molar-refractivity contribution >= 4 is 29.9 Å². The quantitative estimate of drug-likeness (QED) is 0.343. The van der Waals surface area contributed by atoms with E-state index in [4.69, 9.17) is 5.73 Å². The average molecular weight is 379 g/mol. The molecular formula is C13H26IN5. The van der Waals surface area contributed by atoms with E-state index in [1.54, 1.807) is 0 Å². The number of aromatic nitrogens is 2. The summed E-state index contributed by atoms with van der Waals surface area (Å²) in [5, 5.41) is 7.54. The number of aliphatic imine (C=N–C) groups is 1. The lowest BCUT2D eigenvalue weighted by atomic mass is 10.1. The average Bonchev–Trinajstić information content (AvgIpc) is 2.56. The van der Waals surface area contributed by atoms with E-state index in [1.165, 1.54) is 11.3 Å². The summed E-state index contributed by atoms with van der Waals surface area (Å²) in [6.07, 6.45) is 3.16. The topological polar surface area (TPSA) is 68.2 Å². The number of nitrogens with zero attached hydrogens (tertiary/aromatic N) is 3. The molecule has 0 aliphatic carbocycles. The summed E-state index contributed by atoms with van der Waals surface area (Å²) < 4.78 is 1.92. The molecule has 19 heavy (non-hydrogen) atoms. The third kappa shape index (κ3) is 5.80. The summed E-state index contributed by atoms with van der Waals surface area (Å²) in [5.74, 6) is 0.544. The van der Waals surface area contributed by atoms with Gasteiger partial charge in [-0.05, 0) is 32.3 Å². The number of aryl methyl sites for hydroxylation is 2. The molecular weight excluding hydrogens is 353 g/mol. The van der Waals surface area contributed by atoms with Crippen LogP contribution in [-0.4, -0.2) is 28.8 Å². The van der Waals surface area contributed by atoms with Crippen molar-refractivity contribution in [1.29, 1.82) is 0 Å². The molecule has 0 radical (unpaired) electrons. The van der Waals surface area contributed by atoms with Crippen LogP contribution in [0.25, 0.3) is 0 Å². The van der Waals surface area contributed by atoms with Crippen LogP contribution in [0.15, 0.2) is 4.99 Å². The van der Waals surface area contributed by atoms with E-state index in [-0.39, 0.29) is 24.0 Å². The molecule has 0 aliphatic rings. The molecule has 0 amide bonds. The second-order valence-electron chi connectivity index (χ2n) is 4.57. The first-order chi connectivity index (χ1) is 8.56. The van der Waals surface area contributed by atoms with Gasteiger partial charge in [-0.2, -0.15) is 5.10 Å². The minimum Gasteiger partial charge on any atom is -0.370 e. The van der Waals surface area contributed by atoms with Crippen molar-refractivity contribution < 1.29 is 0 Å². The van der Waals surface area contributed by atoms with Crippen molar-refractivity contribution in [2.24, 2.45) is 17.8 Å². The molecule has 0 spiro atoms. The second-order valence-corrected chi connectivity index (χ2v) is 4.57. The highest BCUT2D eigenvalue weighted by molar-refractivity contribution is 14.0. The Bertz CT molecular complexity index is 411. The van der Waals surface area contributed by atoms with Crippen LogP contribution < -0.4 is 11.1 Å². The zero-order valence-corrected chi connectivity index (χ0v) is 14.7. The number of nitrogens with one attached hydrogen (secondary N) is 1. The van der Waals surface area contributed by atoms with E-state index < -0.39 is 0 Å². The van der Waals surface area contributed by atoms with Crippen LogP contribution in [0.3, 0.4) is 0 Å². The molecule has 0 saturated heterocycles. The van der Waals surface area contributed by atoms with Gasteiger partial charge in [0.15, 0.2) is 5.96 Å². The number of hydrogen-bond donors (Lipinski definition) is 2. The molecule has 1 heterocycles. The molecule has 110 valence electrons. The van der Waals surface area contributed by atoms with E-state index in [2.05, 4.69) is 29.3 Å². The maximum atomic E-state index is 5.78. The number of hydrogen-bond acceptors (Lipinski definition) is 2. The van der Waals surface area contributed by atoms with Crippen LogP contribution >= 0.6 is 24.0 Å². The van der Waals surface area contributed by atoms with Crippen LogP contribution in [0.1, 0.15) is 36.7 Å². The fourth-order valence-electron chi connectivity index (χ4n) is 1.91. The Hall–Kier alpha value is -0.790. The minimum atomic E-state index is 0. The molecule has 0 atom stereocenters. The van der Waals surface area contributed by atoms with Gasteiger partial charge < -0.3 is 11.1 Å². The first kappa shape index (κ1) is 18.2. The zero-order valence-electron chi connectivity index (χ0n) is 12.4. The van der Waals surface area contributed by atoms with Gasteiger partial charge in [-0.15, -0.1) is 24.0 Å². The highest BCUT2D eigenvalue weighted by atomic mass is 127. The summed E-state index contributed by atoms with van der Waals surface area (Å²) >= 11 is 0. The molecule has 0 fully saturated rings. The molecule has 3 N–H and O–H groups in total. The Balaban J connectivity index is 0.00000324. The molecule has 0 bridgehead atoms. The first-order valence-electron chi connectivity index (χ1n) is 6.59. The van der Waals surface area contributed by atoms with Crippen molar-refractivity contribution in [2.45, 2.75) is 40.0 Å². The molecule has 1 aromatic rings. The van der Waals surface area contributed by atoms with Crippen LogP contribution in [0.5, 0.6) is 0 Å². The smallest absolute Gasteiger partial charge is 0.188 e. The van der Waals surface area contributed by atoms with Gasteiger partial charge in [-0.25, -0.2) is 0 Å². The lowest BCUT2D eigenvalue weighted by molar-refractivity contribution is 0.729. The van der Waals surface area contributed by atoms with Crippen LogP contribution in [0.2, 0.25) is 0 Å². The summed E-state index contributed by atoms with van der Waals surface area (Å²) in [6, 6.07) is 0. The summed E-state index contributed by atoms with van der Waals surface area (Å²) in [4.78, 5) is 4.26. The van der Waals surface area contributed by atoms with E-state index >= 15 is 0 Å². The highest BCUT2D eigenvalue weighted by Crippen LogP contribution is 2.11. The summed E-state index contributed by atoms with van der Waals surface area (Å²) in [7, 11) is 1.97. The third-order valence-corrected chi connectivity index (χ3v) is 3.13. The van der Waals surface area contributed by atoms with Crippen LogP contribution in [0.4, 0.5) is 0 Å². The highest BCUT2D eigenvalue weighted by Gasteiger charge is 2.08. The molecule has 1 aromatic heterocycles. The van der Waals surface area contributed by atoms with E-state index in [0.717, 1.165) is 38.0 Å². The number of unbranched alkanes of at least 4 members (excludes halogenated alkanes) is 1. The standard InChI is InChI=1S/C13H25N5.HI/c1-5-6-8-15-13(14)16-9-7-12-10(2)17-18(4)11(12)3;/h5-9H2,1-4H3,(H3,14,15,16);1H. The van der Waals surface area contributed by atoms with Gasteiger partial charge in [0, 0.05) is 25.8 Å². The maximum Gasteiger partial charge on any atom is 0.188 e. The van der Waals surface area contributed by atoms with Gasteiger partial charge in [0.25, 0.3) is 0 Å². The number of guanidine groups is 1. The summed E-state index contributed by atoms with van der Waals surface area (Å²) in [5.41, 5.74) is 9.39.